The van der Waals surface area contributed by atoms with Crippen LogP contribution in [-0.2, 0) is 9.53 Å². The minimum atomic E-state index is -0.865. The number of esters is 1. The van der Waals surface area contributed by atoms with Crippen LogP contribution in [0.1, 0.15) is 40.0 Å². The molecule has 1 atom stereocenters. The van der Waals surface area contributed by atoms with Gasteiger partial charge in [-0.1, -0.05) is 13.8 Å². The lowest BCUT2D eigenvalue weighted by Gasteiger charge is -2.39. The van der Waals surface area contributed by atoms with Crippen LogP contribution >= 0.6 is 0 Å². The molecule has 1 rings (SSSR count). The van der Waals surface area contributed by atoms with E-state index in [1.54, 1.807) is 6.92 Å². The Hall–Kier alpha value is -0.610. The van der Waals surface area contributed by atoms with Crippen molar-refractivity contribution < 1.29 is 9.53 Å². The van der Waals surface area contributed by atoms with Crippen molar-refractivity contribution in [2.45, 2.75) is 45.6 Å². The van der Waals surface area contributed by atoms with Crippen LogP contribution < -0.4 is 5.73 Å². The normalized spacial score (nSPS) is 24.1. The van der Waals surface area contributed by atoms with Crippen LogP contribution in [0.4, 0.5) is 0 Å². The molecule has 4 heteroatoms. The third-order valence-electron chi connectivity index (χ3n) is 3.58. The number of hydrogen-bond acceptors (Lipinski definition) is 4. The average Bonchev–Trinajstić information content (AvgIpc) is 2.24. The van der Waals surface area contributed by atoms with Gasteiger partial charge < -0.3 is 15.4 Å². The first-order valence-electron chi connectivity index (χ1n) is 6.36. The molecule has 0 amide bonds. The Morgan fingerprint density at radius 1 is 1.53 bits per heavy atom. The van der Waals surface area contributed by atoms with E-state index < -0.39 is 5.54 Å². The molecule has 1 unspecified atom stereocenters. The first-order chi connectivity index (χ1) is 7.77. The van der Waals surface area contributed by atoms with Gasteiger partial charge in [0, 0.05) is 13.1 Å². The zero-order valence-electron chi connectivity index (χ0n) is 11.6. The molecule has 0 aromatic rings. The van der Waals surface area contributed by atoms with E-state index in [-0.39, 0.29) is 5.97 Å². The number of ether oxygens (including phenoxy) is 1. The summed E-state index contributed by atoms with van der Waals surface area (Å²) < 4.78 is 4.71. The molecule has 0 spiro atoms. The SMILES string of the molecule is COC(=O)C(C)(N)CCN1CCCC(C)(C)C1. The molecule has 0 aromatic carbocycles. The van der Waals surface area contributed by atoms with Gasteiger partial charge in [0.2, 0.25) is 0 Å². The molecule has 0 aromatic heterocycles. The van der Waals surface area contributed by atoms with Crippen LogP contribution in [0.25, 0.3) is 0 Å². The fraction of sp³-hybridized carbons (Fsp3) is 0.923. The molecule has 1 saturated heterocycles. The van der Waals surface area contributed by atoms with Gasteiger partial charge in [-0.2, -0.15) is 0 Å². The zero-order valence-corrected chi connectivity index (χ0v) is 11.6. The molecule has 0 saturated carbocycles. The topological polar surface area (TPSA) is 55.6 Å². The second kappa shape index (κ2) is 5.36. The average molecular weight is 242 g/mol. The van der Waals surface area contributed by atoms with E-state index in [2.05, 4.69) is 18.7 Å². The predicted molar refractivity (Wildman–Crippen MR) is 68.7 cm³/mol. The van der Waals surface area contributed by atoms with Gasteiger partial charge in [0.1, 0.15) is 5.54 Å². The summed E-state index contributed by atoms with van der Waals surface area (Å²) in [6.45, 7) is 9.40. The molecule has 17 heavy (non-hydrogen) atoms. The van der Waals surface area contributed by atoms with E-state index in [1.807, 2.05) is 0 Å². The van der Waals surface area contributed by atoms with E-state index in [1.165, 1.54) is 20.0 Å². The second-order valence-corrected chi connectivity index (χ2v) is 6.20. The van der Waals surface area contributed by atoms with Crippen molar-refractivity contribution >= 4 is 5.97 Å². The number of piperidine rings is 1. The van der Waals surface area contributed by atoms with Gasteiger partial charge in [-0.3, -0.25) is 4.79 Å². The first-order valence-corrected chi connectivity index (χ1v) is 6.36. The van der Waals surface area contributed by atoms with Crippen LogP contribution in [0.2, 0.25) is 0 Å². The lowest BCUT2D eigenvalue weighted by atomic mass is 9.84. The third-order valence-corrected chi connectivity index (χ3v) is 3.58. The van der Waals surface area contributed by atoms with Crippen molar-refractivity contribution in [3.63, 3.8) is 0 Å². The zero-order chi connectivity index (χ0) is 13.1. The van der Waals surface area contributed by atoms with Crippen LogP contribution in [0.3, 0.4) is 0 Å². The minimum absolute atomic E-state index is 0.325. The van der Waals surface area contributed by atoms with E-state index in [0.717, 1.165) is 19.6 Å². The van der Waals surface area contributed by atoms with Crippen LogP contribution in [0.15, 0.2) is 0 Å². The van der Waals surface area contributed by atoms with E-state index >= 15 is 0 Å². The molecule has 100 valence electrons. The number of nitrogens with two attached hydrogens (primary N) is 1. The van der Waals surface area contributed by atoms with Crippen molar-refractivity contribution in [1.82, 2.24) is 4.90 Å². The van der Waals surface area contributed by atoms with E-state index in [4.69, 9.17) is 10.5 Å². The highest BCUT2D eigenvalue weighted by Gasteiger charge is 2.32. The summed E-state index contributed by atoms with van der Waals surface area (Å²) >= 11 is 0. The highest BCUT2D eigenvalue weighted by atomic mass is 16.5. The lowest BCUT2D eigenvalue weighted by Crippen LogP contribution is -2.49. The number of nitrogens with zero attached hydrogens (tertiary/aromatic N) is 1. The van der Waals surface area contributed by atoms with Crippen LogP contribution in [0.5, 0.6) is 0 Å². The summed E-state index contributed by atoms with van der Waals surface area (Å²) in [5.74, 6) is -0.325. The van der Waals surface area contributed by atoms with Crippen LogP contribution in [-0.4, -0.2) is 43.2 Å². The third kappa shape index (κ3) is 4.28. The Labute approximate surface area is 104 Å². The molecule has 4 nitrogen and oxygen atoms in total. The van der Waals surface area contributed by atoms with Gasteiger partial charge in [-0.15, -0.1) is 0 Å². The van der Waals surface area contributed by atoms with Gasteiger partial charge in [-0.25, -0.2) is 0 Å². The summed E-state index contributed by atoms with van der Waals surface area (Å²) in [7, 11) is 1.39. The standard InChI is InChI=1S/C13H26N2O2/c1-12(2)6-5-8-15(10-12)9-7-13(3,14)11(16)17-4/h5-10,14H2,1-4H3. The molecule has 0 bridgehead atoms. The number of methoxy groups -OCH3 is 1. The maximum Gasteiger partial charge on any atom is 0.325 e. The van der Waals surface area contributed by atoms with Crippen molar-refractivity contribution in [2.75, 3.05) is 26.7 Å². The number of carbonyl (C=O) groups excluding carboxylic acids is 1. The van der Waals surface area contributed by atoms with Gasteiger partial charge in [0.25, 0.3) is 0 Å². The van der Waals surface area contributed by atoms with Crippen molar-refractivity contribution in [3.8, 4) is 0 Å². The highest BCUT2D eigenvalue weighted by molar-refractivity contribution is 5.79. The maximum atomic E-state index is 11.5. The predicted octanol–water partition coefficient (Wildman–Crippen LogP) is 1.39. The monoisotopic (exact) mass is 242 g/mol. The number of rotatable bonds is 4. The van der Waals surface area contributed by atoms with Crippen molar-refractivity contribution in [1.29, 1.82) is 0 Å². The molecule has 2 N–H and O–H groups in total. The molecule has 1 fully saturated rings. The van der Waals surface area contributed by atoms with Crippen molar-refractivity contribution in [2.24, 2.45) is 11.1 Å². The van der Waals surface area contributed by atoms with Gasteiger partial charge in [0.05, 0.1) is 7.11 Å². The summed E-state index contributed by atoms with van der Waals surface area (Å²) in [6.07, 6.45) is 3.16. The highest BCUT2D eigenvalue weighted by Crippen LogP contribution is 2.28. The molecular formula is C13H26N2O2. The summed E-state index contributed by atoms with van der Waals surface area (Å²) in [5, 5.41) is 0. The van der Waals surface area contributed by atoms with E-state index in [9.17, 15) is 4.79 Å². The molecule has 1 aliphatic rings. The van der Waals surface area contributed by atoms with Crippen molar-refractivity contribution in [3.05, 3.63) is 0 Å². The Morgan fingerprint density at radius 2 is 2.18 bits per heavy atom. The fourth-order valence-corrected chi connectivity index (χ4v) is 2.46. The Morgan fingerprint density at radius 3 is 2.71 bits per heavy atom. The quantitative estimate of drug-likeness (QED) is 0.757. The molecule has 0 radical (unpaired) electrons. The molecule has 1 aliphatic heterocycles. The number of likely N-dealkylation sites (tertiary alicyclic amines) is 1. The molecular weight excluding hydrogens is 216 g/mol. The molecule has 0 aliphatic carbocycles. The lowest BCUT2D eigenvalue weighted by molar-refractivity contribution is -0.146. The van der Waals surface area contributed by atoms with Crippen LogP contribution in [0, 0.1) is 5.41 Å². The van der Waals surface area contributed by atoms with Gasteiger partial charge in [-0.05, 0) is 38.1 Å². The number of hydrogen-bond donors (Lipinski definition) is 1. The largest absolute Gasteiger partial charge is 0.468 e. The van der Waals surface area contributed by atoms with Gasteiger partial charge >= 0.3 is 5.97 Å². The Bertz CT molecular complexity index is 275. The Kier molecular flexibility index (Phi) is 4.55. The first kappa shape index (κ1) is 14.5. The summed E-state index contributed by atoms with van der Waals surface area (Å²) in [4.78, 5) is 13.9. The van der Waals surface area contributed by atoms with E-state index in [0.29, 0.717) is 11.8 Å². The molecule has 1 heterocycles. The summed E-state index contributed by atoms with van der Waals surface area (Å²) in [5.41, 5.74) is 5.47. The van der Waals surface area contributed by atoms with Gasteiger partial charge in [0.15, 0.2) is 0 Å². The minimum Gasteiger partial charge on any atom is -0.468 e. The Balaban J connectivity index is 2.43. The second-order valence-electron chi connectivity index (χ2n) is 6.20. The smallest absolute Gasteiger partial charge is 0.325 e. The number of carbonyl (C=O) groups is 1. The summed E-state index contributed by atoms with van der Waals surface area (Å²) in [6, 6.07) is 0. The maximum absolute atomic E-state index is 11.5. The fourth-order valence-electron chi connectivity index (χ4n) is 2.46.